The van der Waals surface area contributed by atoms with E-state index in [4.69, 9.17) is 8.92 Å². The number of carboxylic acids is 1. The number of hydrogen-bond acceptors (Lipinski definition) is 7. The molecule has 35 heavy (non-hydrogen) atoms. The second kappa shape index (κ2) is 10.5. The first-order chi connectivity index (χ1) is 16.6. The van der Waals surface area contributed by atoms with Crippen molar-refractivity contribution in [3.05, 3.63) is 89.0 Å². The fourth-order valence-electron chi connectivity index (χ4n) is 3.00. The van der Waals surface area contributed by atoms with Gasteiger partial charge in [-0.25, -0.2) is 4.79 Å². The minimum absolute atomic E-state index is 0.0285. The summed E-state index contributed by atoms with van der Waals surface area (Å²) in [5.41, 5.74) is 0.833. The van der Waals surface area contributed by atoms with E-state index in [1.165, 1.54) is 61.7 Å². The number of amides is 1. The number of carbonyl (C=O) groups excluding carboxylic acids is 1. The summed E-state index contributed by atoms with van der Waals surface area (Å²) >= 11 is 0. The molecule has 3 rings (SSSR count). The summed E-state index contributed by atoms with van der Waals surface area (Å²) in [7, 11) is -2.81. The van der Waals surface area contributed by atoms with Crippen molar-refractivity contribution in [1.82, 2.24) is 0 Å². The number of hydrogen-bond donors (Lipinski definition) is 2. The number of nitrogens with one attached hydrogen (secondary N) is 1. The number of methoxy groups -OCH3 is 1. The molecule has 10 heteroatoms. The third-order valence-electron chi connectivity index (χ3n) is 4.78. The van der Waals surface area contributed by atoms with Gasteiger partial charge in [-0.05, 0) is 55.0 Å². The van der Waals surface area contributed by atoms with Gasteiger partial charge in [0.25, 0.3) is 5.91 Å². The molecular formula is C25H20N2O7S. The molecule has 9 nitrogen and oxygen atoms in total. The average molecular weight is 493 g/mol. The van der Waals surface area contributed by atoms with Gasteiger partial charge < -0.3 is 19.3 Å². The van der Waals surface area contributed by atoms with Crippen LogP contribution in [0.25, 0.3) is 6.08 Å². The molecule has 3 aromatic carbocycles. The summed E-state index contributed by atoms with van der Waals surface area (Å²) in [6, 6.07) is 17.9. The number of benzene rings is 3. The lowest BCUT2D eigenvalue weighted by molar-refractivity contribution is -0.112. The maximum Gasteiger partial charge on any atom is 0.339 e. The van der Waals surface area contributed by atoms with Crippen LogP contribution in [-0.2, 0) is 14.9 Å². The Morgan fingerprint density at radius 3 is 2.34 bits per heavy atom. The van der Waals surface area contributed by atoms with Crippen LogP contribution in [0, 0.1) is 18.3 Å². The van der Waals surface area contributed by atoms with Crippen molar-refractivity contribution in [2.75, 3.05) is 12.4 Å². The topological polar surface area (TPSA) is 143 Å². The lowest BCUT2D eigenvalue weighted by atomic mass is 10.1. The zero-order valence-corrected chi connectivity index (χ0v) is 19.5. The first kappa shape index (κ1) is 25.0. The van der Waals surface area contributed by atoms with E-state index in [0.29, 0.717) is 5.56 Å². The molecule has 0 fully saturated rings. The van der Waals surface area contributed by atoms with E-state index in [9.17, 15) is 28.4 Å². The second-order valence-electron chi connectivity index (χ2n) is 7.24. The molecule has 0 spiro atoms. The van der Waals surface area contributed by atoms with Crippen LogP contribution in [0.4, 0.5) is 5.69 Å². The second-order valence-corrected chi connectivity index (χ2v) is 8.78. The van der Waals surface area contributed by atoms with E-state index in [-0.39, 0.29) is 33.2 Å². The summed E-state index contributed by atoms with van der Waals surface area (Å²) in [6.07, 6.45) is 1.25. The van der Waals surface area contributed by atoms with E-state index in [2.05, 4.69) is 5.32 Å². The van der Waals surface area contributed by atoms with Crippen LogP contribution in [0.5, 0.6) is 11.5 Å². The van der Waals surface area contributed by atoms with Gasteiger partial charge in [0.1, 0.15) is 16.5 Å². The Kier molecular flexibility index (Phi) is 7.53. The number of ether oxygens (including phenoxy) is 1. The number of nitrogens with zero attached hydrogens (tertiary/aromatic N) is 1. The molecule has 178 valence electrons. The fraction of sp³-hybridized carbons (Fsp3) is 0.0800. The SMILES string of the molecule is COc1cc(/C=C(\C#N)C(=O)Nc2ccccc2C(=O)O)ccc1OS(=O)(=O)c1ccc(C)cc1. The zero-order valence-electron chi connectivity index (χ0n) is 18.7. The summed E-state index contributed by atoms with van der Waals surface area (Å²) in [6.45, 7) is 1.83. The molecule has 2 N–H and O–H groups in total. The standard InChI is InChI=1S/C25H20N2O7S/c1-16-7-10-19(11-8-16)35(31,32)34-22-12-9-17(14-23(22)33-2)13-18(15-26)24(28)27-21-6-4-3-5-20(21)25(29)30/h3-14H,1-2H3,(H,27,28)(H,29,30)/b18-13+. The van der Waals surface area contributed by atoms with Gasteiger partial charge in [0.15, 0.2) is 11.5 Å². The van der Waals surface area contributed by atoms with Crippen LogP contribution in [0.1, 0.15) is 21.5 Å². The number of carboxylic acid groups (broad SMARTS) is 1. The zero-order chi connectivity index (χ0) is 25.6. The highest BCUT2D eigenvalue weighted by Crippen LogP contribution is 2.31. The number of aryl methyl sites for hydroxylation is 1. The Labute approximate surface area is 202 Å². The third-order valence-corrected chi connectivity index (χ3v) is 6.03. The molecule has 0 saturated heterocycles. The van der Waals surface area contributed by atoms with Gasteiger partial charge in [-0.3, -0.25) is 4.79 Å². The van der Waals surface area contributed by atoms with Crippen LogP contribution in [0.3, 0.4) is 0 Å². The van der Waals surface area contributed by atoms with Crippen molar-refractivity contribution in [1.29, 1.82) is 5.26 Å². The maximum absolute atomic E-state index is 12.6. The van der Waals surface area contributed by atoms with E-state index in [1.54, 1.807) is 24.3 Å². The number of nitriles is 1. The quantitative estimate of drug-likeness (QED) is 0.273. The van der Waals surface area contributed by atoms with Crippen LogP contribution >= 0.6 is 0 Å². The van der Waals surface area contributed by atoms with Crippen molar-refractivity contribution >= 4 is 33.8 Å². The summed E-state index contributed by atoms with van der Waals surface area (Å²) < 4.78 is 35.7. The Morgan fingerprint density at radius 1 is 1.03 bits per heavy atom. The fourth-order valence-corrected chi connectivity index (χ4v) is 3.94. The van der Waals surface area contributed by atoms with Gasteiger partial charge in [0, 0.05) is 0 Å². The third kappa shape index (κ3) is 6.04. The van der Waals surface area contributed by atoms with E-state index in [0.717, 1.165) is 5.56 Å². The maximum atomic E-state index is 12.6. The monoisotopic (exact) mass is 492 g/mol. The summed E-state index contributed by atoms with van der Waals surface area (Å²) in [4.78, 5) is 23.9. The molecule has 3 aromatic rings. The van der Waals surface area contributed by atoms with Crippen LogP contribution in [-0.4, -0.2) is 32.5 Å². The molecular weight excluding hydrogens is 472 g/mol. The normalized spacial score (nSPS) is 11.3. The predicted molar refractivity (Wildman–Crippen MR) is 128 cm³/mol. The van der Waals surface area contributed by atoms with Crippen molar-refractivity contribution in [2.45, 2.75) is 11.8 Å². The van der Waals surface area contributed by atoms with Gasteiger partial charge in [-0.1, -0.05) is 35.9 Å². The number of rotatable bonds is 8. The molecule has 0 aliphatic carbocycles. The van der Waals surface area contributed by atoms with Gasteiger partial charge in [-0.2, -0.15) is 13.7 Å². The average Bonchev–Trinajstić information content (AvgIpc) is 2.83. The highest BCUT2D eigenvalue weighted by atomic mass is 32.2. The van der Waals surface area contributed by atoms with E-state index in [1.807, 2.05) is 6.92 Å². The largest absolute Gasteiger partial charge is 0.493 e. The highest BCUT2D eigenvalue weighted by Gasteiger charge is 2.20. The minimum Gasteiger partial charge on any atom is -0.493 e. The summed E-state index contributed by atoms with van der Waals surface area (Å²) in [5, 5.41) is 21.1. The molecule has 0 aromatic heterocycles. The molecule has 1 amide bonds. The van der Waals surface area contributed by atoms with Gasteiger partial charge >= 0.3 is 16.1 Å². The van der Waals surface area contributed by atoms with Crippen molar-refractivity contribution in [3.63, 3.8) is 0 Å². The molecule has 0 saturated carbocycles. The van der Waals surface area contributed by atoms with Crippen LogP contribution in [0.2, 0.25) is 0 Å². The Hall–Kier alpha value is -4.62. The van der Waals surface area contributed by atoms with Gasteiger partial charge in [0.05, 0.1) is 18.4 Å². The Morgan fingerprint density at radius 2 is 1.71 bits per heavy atom. The smallest absolute Gasteiger partial charge is 0.339 e. The van der Waals surface area contributed by atoms with Crippen LogP contribution in [0.15, 0.2) is 77.2 Å². The van der Waals surface area contributed by atoms with Crippen molar-refractivity contribution in [2.24, 2.45) is 0 Å². The minimum atomic E-state index is -4.12. The van der Waals surface area contributed by atoms with Crippen molar-refractivity contribution in [3.8, 4) is 17.6 Å². The van der Waals surface area contributed by atoms with Crippen molar-refractivity contribution < 1.29 is 32.0 Å². The van der Waals surface area contributed by atoms with E-state index >= 15 is 0 Å². The number of aromatic carboxylic acids is 1. The molecule has 0 atom stereocenters. The molecule has 0 radical (unpaired) electrons. The molecule has 0 aliphatic heterocycles. The van der Waals surface area contributed by atoms with Gasteiger partial charge in [0.2, 0.25) is 0 Å². The Balaban J connectivity index is 1.86. The molecule has 0 bridgehead atoms. The highest BCUT2D eigenvalue weighted by molar-refractivity contribution is 7.87. The number of carbonyl (C=O) groups is 2. The molecule has 0 heterocycles. The van der Waals surface area contributed by atoms with Crippen LogP contribution < -0.4 is 14.2 Å². The number of para-hydroxylation sites is 1. The summed E-state index contributed by atoms with van der Waals surface area (Å²) in [5.74, 6) is -2.07. The molecule has 0 aliphatic rings. The lowest BCUT2D eigenvalue weighted by Crippen LogP contribution is -2.16. The Bertz CT molecular complexity index is 1450. The number of anilines is 1. The first-order valence-corrected chi connectivity index (χ1v) is 11.5. The predicted octanol–water partition coefficient (Wildman–Crippen LogP) is 4.02. The first-order valence-electron chi connectivity index (χ1n) is 10.1. The lowest BCUT2D eigenvalue weighted by Gasteiger charge is -2.12. The molecule has 0 unspecified atom stereocenters. The van der Waals surface area contributed by atoms with Gasteiger partial charge in [-0.15, -0.1) is 0 Å². The van der Waals surface area contributed by atoms with E-state index < -0.39 is 22.0 Å².